The number of amides is 1. The highest BCUT2D eigenvalue weighted by Gasteiger charge is 2.43. The quantitative estimate of drug-likeness (QED) is 0.448. The highest BCUT2D eigenvalue weighted by atomic mass is 19.4. The van der Waals surface area contributed by atoms with Crippen molar-refractivity contribution in [1.82, 2.24) is 25.3 Å². The first-order valence-electron chi connectivity index (χ1n) is 12.3. The average molecular weight is 514 g/mol. The minimum absolute atomic E-state index is 0.175. The molecule has 0 spiro atoms. The van der Waals surface area contributed by atoms with Crippen LogP contribution in [0.1, 0.15) is 47.3 Å². The Balaban J connectivity index is 1.59. The zero-order valence-corrected chi connectivity index (χ0v) is 20.0. The maximum absolute atomic E-state index is 13.2. The molecule has 0 unspecified atom stereocenters. The Hall–Kier alpha value is -3.73. The summed E-state index contributed by atoms with van der Waals surface area (Å²) in [6.45, 7) is 0.990. The second-order valence-electron chi connectivity index (χ2n) is 9.18. The van der Waals surface area contributed by atoms with Gasteiger partial charge in [-0.05, 0) is 62.1 Å². The van der Waals surface area contributed by atoms with Gasteiger partial charge in [-0.3, -0.25) is 14.8 Å². The Morgan fingerprint density at radius 1 is 1.22 bits per heavy atom. The van der Waals surface area contributed by atoms with Gasteiger partial charge in [0.25, 0.3) is 5.91 Å². The topological polar surface area (TPSA) is 98.1 Å². The smallest absolute Gasteiger partial charge is 0.352 e. The minimum atomic E-state index is -5.19. The molecule has 37 heavy (non-hydrogen) atoms. The fourth-order valence-electron chi connectivity index (χ4n) is 4.70. The molecule has 1 aliphatic heterocycles. The van der Waals surface area contributed by atoms with Gasteiger partial charge < -0.3 is 15.5 Å². The van der Waals surface area contributed by atoms with Crippen LogP contribution >= 0.6 is 0 Å². The molecule has 1 saturated carbocycles. The number of rotatable bonds is 8. The molecule has 194 valence electrons. The fraction of sp³-hybridized carbons (Fsp3) is 0.385. The molecule has 0 bridgehead atoms. The van der Waals surface area contributed by atoms with E-state index in [0.29, 0.717) is 23.7 Å². The summed E-state index contributed by atoms with van der Waals surface area (Å²) in [5.41, 5.74) is 3.27. The number of nitrogens with one attached hydrogen (secondary N) is 2. The van der Waals surface area contributed by atoms with E-state index in [-0.39, 0.29) is 29.9 Å². The number of hydrogen-bond donors (Lipinski definition) is 2. The summed E-state index contributed by atoms with van der Waals surface area (Å²) in [7, 11) is 0. The number of pyridine rings is 2. The summed E-state index contributed by atoms with van der Waals surface area (Å²) >= 11 is 0. The van der Waals surface area contributed by atoms with Gasteiger partial charge in [0.2, 0.25) is 0 Å². The highest BCUT2D eigenvalue weighted by Crippen LogP contribution is 2.35. The molecule has 0 radical (unpaired) electrons. The summed E-state index contributed by atoms with van der Waals surface area (Å²) in [6.07, 6.45) is 4.74. The maximum atomic E-state index is 13.2. The molecule has 8 nitrogen and oxygen atoms in total. The van der Waals surface area contributed by atoms with Gasteiger partial charge in [-0.1, -0.05) is 6.42 Å². The van der Waals surface area contributed by atoms with E-state index in [2.05, 4.69) is 20.6 Å². The molecular formula is C26H26F3N5O3. The molecule has 0 aromatic carbocycles. The van der Waals surface area contributed by atoms with Crippen molar-refractivity contribution < 1.29 is 27.6 Å². The fourth-order valence-corrected chi connectivity index (χ4v) is 4.70. The van der Waals surface area contributed by atoms with Crippen molar-refractivity contribution in [2.45, 2.75) is 50.7 Å². The van der Waals surface area contributed by atoms with Crippen LogP contribution in [0.3, 0.4) is 0 Å². The molecular weight excluding hydrogens is 487 g/mol. The van der Waals surface area contributed by atoms with Crippen LogP contribution in [-0.2, 0) is 17.6 Å². The molecule has 5 rings (SSSR count). The van der Waals surface area contributed by atoms with Gasteiger partial charge in [0.1, 0.15) is 0 Å². The average Bonchev–Trinajstić information content (AvgIpc) is 3.22. The summed E-state index contributed by atoms with van der Waals surface area (Å²) in [5, 5.41) is 6.21. The van der Waals surface area contributed by atoms with Crippen LogP contribution in [-0.4, -0.2) is 51.9 Å². The second-order valence-corrected chi connectivity index (χ2v) is 9.18. The Bertz CT molecular complexity index is 1300. The molecule has 1 amide bonds. The van der Waals surface area contributed by atoms with Crippen LogP contribution < -0.4 is 15.5 Å². The van der Waals surface area contributed by atoms with Gasteiger partial charge in [0.15, 0.2) is 0 Å². The van der Waals surface area contributed by atoms with Crippen molar-refractivity contribution in [3.05, 3.63) is 59.7 Å². The maximum Gasteiger partial charge on any atom is 0.493 e. The first-order chi connectivity index (χ1) is 17.8. The molecule has 2 aliphatic rings. The van der Waals surface area contributed by atoms with Crippen molar-refractivity contribution in [2.24, 2.45) is 0 Å². The van der Waals surface area contributed by atoms with E-state index in [1.807, 2.05) is 6.07 Å². The number of halogens is 3. The van der Waals surface area contributed by atoms with Crippen molar-refractivity contribution in [3.8, 4) is 22.5 Å². The molecule has 1 aliphatic carbocycles. The van der Waals surface area contributed by atoms with Gasteiger partial charge in [-0.15, -0.1) is 0 Å². The van der Waals surface area contributed by atoms with Gasteiger partial charge in [0.05, 0.1) is 22.6 Å². The van der Waals surface area contributed by atoms with Crippen LogP contribution in [0.5, 0.6) is 0 Å². The van der Waals surface area contributed by atoms with Crippen molar-refractivity contribution in [3.63, 3.8) is 0 Å². The summed E-state index contributed by atoms with van der Waals surface area (Å²) in [6, 6.07) is 7.31. The highest BCUT2D eigenvalue weighted by molar-refractivity contribution is 5.98. The predicted octanol–water partition coefficient (Wildman–Crippen LogP) is 3.49. The van der Waals surface area contributed by atoms with Crippen LogP contribution in [0.15, 0.2) is 42.9 Å². The molecule has 11 heteroatoms. The zero-order chi connectivity index (χ0) is 26.0. The van der Waals surface area contributed by atoms with Crippen LogP contribution in [0.4, 0.5) is 13.2 Å². The van der Waals surface area contributed by atoms with Crippen LogP contribution in [0.2, 0.25) is 0 Å². The lowest BCUT2D eigenvalue weighted by Gasteiger charge is -2.26. The van der Waals surface area contributed by atoms with E-state index >= 15 is 0 Å². The van der Waals surface area contributed by atoms with E-state index in [1.165, 1.54) is 12.5 Å². The van der Waals surface area contributed by atoms with E-state index < -0.39 is 18.1 Å². The van der Waals surface area contributed by atoms with Gasteiger partial charge in [0, 0.05) is 48.7 Å². The third kappa shape index (κ3) is 5.22. The minimum Gasteiger partial charge on any atom is -0.352 e. The first-order valence-corrected chi connectivity index (χ1v) is 12.3. The standard InChI is InChI=1S/C26H26F3N5O3/c27-26(28,29)25(36)37-34-21-9-13-33-24(35)20(21)14-22(34)18-8-12-32-23(16-4-2-10-30-15-16)19(18)7-3-11-31-17-5-1-6-17/h2,4,8,10,12,14-15,17,31H,1,3,5-7,9,11,13H2,(H,33,35). The van der Waals surface area contributed by atoms with E-state index in [9.17, 15) is 22.8 Å². The number of alkyl halides is 3. The Morgan fingerprint density at radius 2 is 2.05 bits per heavy atom. The number of hydrogen-bond acceptors (Lipinski definition) is 6. The normalized spacial score (nSPS) is 15.6. The van der Waals surface area contributed by atoms with Crippen molar-refractivity contribution in [2.75, 3.05) is 13.1 Å². The van der Waals surface area contributed by atoms with Gasteiger partial charge >= 0.3 is 12.1 Å². The lowest BCUT2D eigenvalue weighted by molar-refractivity contribution is -0.199. The number of carbonyl (C=O) groups excluding carboxylic acids is 2. The molecule has 4 heterocycles. The molecule has 2 N–H and O–H groups in total. The zero-order valence-electron chi connectivity index (χ0n) is 20.0. The second kappa shape index (κ2) is 10.3. The number of fused-ring (bicyclic) bond motifs is 1. The molecule has 3 aromatic heterocycles. The Morgan fingerprint density at radius 3 is 2.76 bits per heavy atom. The lowest BCUT2D eigenvalue weighted by atomic mass is 9.92. The van der Waals surface area contributed by atoms with Crippen molar-refractivity contribution in [1.29, 1.82) is 0 Å². The first kappa shape index (κ1) is 24.9. The molecule has 3 aromatic rings. The summed E-state index contributed by atoms with van der Waals surface area (Å²) in [5.74, 6) is -2.79. The summed E-state index contributed by atoms with van der Waals surface area (Å²) in [4.78, 5) is 38.0. The SMILES string of the molecule is O=C1NCCc2c1cc(-c1ccnc(-c3cccnc3)c1CCCNC1CCC1)n2OC(=O)C(F)(F)F. The van der Waals surface area contributed by atoms with Crippen molar-refractivity contribution >= 4 is 11.9 Å². The van der Waals surface area contributed by atoms with E-state index in [1.54, 1.807) is 30.7 Å². The Kier molecular flexibility index (Phi) is 6.96. The number of carbonyl (C=O) groups is 2. The lowest BCUT2D eigenvalue weighted by Crippen LogP contribution is -2.37. The monoisotopic (exact) mass is 513 g/mol. The third-order valence-corrected chi connectivity index (χ3v) is 6.76. The number of nitrogens with zero attached hydrogens (tertiary/aromatic N) is 3. The summed E-state index contributed by atoms with van der Waals surface area (Å²) < 4.78 is 40.4. The largest absolute Gasteiger partial charge is 0.493 e. The van der Waals surface area contributed by atoms with E-state index in [0.717, 1.165) is 41.7 Å². The Labute approximate surface area is 211 Å². The number of aromatic nitrogens is 3. The molecule has 0 atom stereocenters. The predicted molar refractivity (Wildman–Crippen MR) is 129 cm³/mol. The molecule has 0 saturated heterocycles. The van der Waals surface area contributed by atoms with E-state index in [4.69, 9.17) is 4.84 Å². The van der Waals surface area contributed by atoms with Gasteiger partial charge in [-0.2, -0.15) is 17.9 Å². The van der Waals surface area contributed by atoms with Crippen LogP contribution in [0, 0.1) is 0 Å². The van der Waals surface area contributed by atoms with Crippen LogP contribution in [0.25, 0.3) is 22.5 Å². The third-order valence-electron chi connectivity index (χ3n) is 6.76. The van der Waals surface area contributed by atoms with Gasteiger partial charge in [-0.25, -0.2) is 4.79 Å². The molecule has 1 fully saturated rings.